The van der Waals surface area contributed by atoms with Crippen LogP contribution in [0.2, 0.25) is 0 Å². The fourth-order valence-corrected chi connectivity index (χ4v) is 3.20. The molecule has 0 unspecified atom stereocenters. The first-order chi connectivity index (χ1) is 15.6. The second kappa shape index (κ2) is 10.8. The zero-order chi connectivity index (χ0) is 22.5. The summed E-state index contributed by atoms with van der Waals surface area (Å²) in [4.78, 5) is 15.5. The third kappa shape index (κ3) is 5.44. The Morgan fingerprint density at radius 3 is 2.55 bits per heavy atom. The van der Waals surface area contributed by atoms with E-state index < -0.39 is 5.97 Å². The van der Waals surface area contributed by atoms with Gasteiger partial charge in [0.2, 0.25) is 5.88 Å². The number of furan rings is 1. The smallest absolute Gasteiger partial charge is 0.545 e. The Morgan fingerprint density at radius 1 is 1.12 bits per heavy atom. The second-order valence-corrected chi connectivity index (χ2v) is 6.86. The molecule has 33 heavy (non-hydrogen) atoms. The number of carbonyl (C=O) groups excluding carboxylic acids is 1. The monoisotopic (exact) mass is 448 g/mol. The van der Waals surface area contributed by atoms with Crippen LogP contribution in [0.5, 0.6) is 11.6 Å². The van der Waals surface area contributed by atoms with Crippen LogP contribution in [0.1, 0.15) is 21.5 Å². The number of hydrogen-bond donors (Lipinski definition) is 0. The van der Waals surface area contributed by atoms with Crippen molar-refractivity contribution in [2.24, 2.45) is 0 Å². The average molecular weight is 448 g/mol. The van der Waals surface area contributed by atoms with Crippen molar-refractivity contribution in [1.29, 1.82) is 5.26 Å². The first-order valence-corrected chi connectivity index (χ1v) is 9.64. The van der Waals surface area contributed by atoms with Gasteiger partial charge in [-0.25, -0.2) is 4.98 Å². The molecule has 7 nitrogen and oxygen atoms in total. The fourth-order valence-electron chi connectivity index (χ4n) is 3.20. The summed E-state index contributed by atoms with van der Waals surface area (Å²) in [6, 6.07) is 19.3. The summed E-state index contributed by atoms with van der Waals surface area (Å²) < 4.78 is 16.4. The van der Waals surface area contributed by atoms with Gasteiger partial charge < -0.3 is 23.8 Å². The molecule has 0 fully saturated rings. The fraction of sp³-hybridized carbons (Fsp3) is 0.0800. The number of aromatic carboxylic acids is 1. The van der Waals surface area contributed by atoms with Gasteiger partial charge >= 0.3 is 29.6 Å². The van der Waals surface area contributed by atoms with E-state index in [0.29, 0.717) is 17.0 Å². The molecule has 2 aromatic heterocycles. The molecule has 2 aromatic carbocycles. The maximum atomic E-state index is 10.9. The number of nitrogens with zero attached hydrogens (tertiary/aromatic N) is 2. The van der Waals surface area contributed by atoms with E-state index >= 15 is 0 Å². The second-order valence-electron chi connectivity index (χ2n) is 6.86. The van der Waals surface area contributed by atoms with Crippen LogP contribution in [0, 0.1) is 11.3 Å². The molecular weight excluding hydrogens is 431 g/mol. The summed E-state index contributed by atoms with van der Waals surface area (Å²) in [7, 11) is 1.59. The number of carboxylic acids is 1. The summed E-state index contributed by atoms with van der Waals surface area (Å²) in [5.74, 6) is -0.413. The third-order valence-corrected chi connectivity index (χ3v) is 4.86. The maximum Gasteiger partial charge on any atom is 1.00 e. The van der Waals surface area contributed by atoms with Crippen molar-refractivity contribution in [2.45, 2.75) is 6.61 Å². The molecule has 0 aliphatic rings. The van der Waals surface area contributed by atoms with E-state index in [9.17, 15) is 15.2 Å². The Balaban J connectivity index is 0.00000306. The molecule has 2 heterocycles. The van der Waals surface area contributed by atoms with Crippen molar-refractivity contribution in [1.82, 2.24) is 4.98 Å². The minimum atomic E-state index is -1.25. The van der Waals surface area contributed by atoms with Crippen LogP contribution in [0.3, 0.4) is 0 Å². The molecule has 0 saturated carbocycles. The largest absolute Gasteiger partial charge is 1.00 e. The molecule has 0 spiro atoms. The van der Waals surface area contributed by atoms with Gasteiger partial charge in [-0.15, -0.1) is 0 Å². The number of pyridine rings is 1. The van der Waals surface area contributed by atoms with E-state index in [1.807, 2.05) is 24.3 Å². The van der Waals surface area contributed by atoms with Crippen LogP contribution >= 0.6 is 0 Å². The summed E-state index contributed by atoms with van der Waals surface area (Å²) in [5.41, 5.74) is 3.80. The summed E-state index contributed by atoms with van der Waals surface area (Å²) in [6.45, 7) is 0.0986. The Morgan fingerprint density at radius 2 is 1.91 bits per heavy atom. The van der Waals surface area contributed by atoms with Crippen molar-refractivity contribution in [3.8, 4) is 40.1 Å². The molecule has 158 valence electrons. The molecule has 0 radical (unpaired) electrons. The first kappa shape index (κ1) is 24.1. The van der Waals surface area contributed by atoms with Crippen LogP contribution in [0.25, 0.3) is 22.4 Å². The van der Waals surface area contributed by atoms with E-state index in [1.54, 1.807) is 37.6 Å². The number of aromatic nitrogens is 1. The molecule has 0 aliphatic heterocycles. The van der Waals surface area contributed by atoms with Crippen molar-refractivity contribution >= 4 is 5.97 Å². The average Bonchev–Trinajstić information content (AvgIpc) is 3.37. The van der Waals surface area contributed by atoms with Gasteiger partial charge in [-0.2, -0.15) is 5.26 Å². The van der Waals surface area contributed by atoms with Gasteiger partial charge in [0, 0.05) is 16.7 Å². The minimum absolute atomic E-state index is 0. The summed E-state index contributed by atoms with van der Waals surface area (Å²) in [6.07, 6.45) is 3.08. The van der Waals surface area contributed by atoms with Gasteiger partial charge in [0.25, 0.3) is 0 Å². The number of carboxylic acid groups (broad SMARTS) is 1. The molecule has 0 bridgehead atoms. The van der Waals surface area contributed by atoms with Gasteiger partial charge in [-0.05, 0) is 35.4 Å². The van der Waals surface area contributed by atoms with E-state index in [4.69, 9.17) is 13.9 Å². The number of benzene rings is 2. The topological polar surface area (TPSA) is 108 Å². The van der Waals surface area contributed by atoms with Crippen molar-refractivity contribution < 1.29 is 53.3 Å². The molecule has 0 saturated heterocycles. The number of methoxy groups -OCH3 is 1. The van der Waals surface area contributed by atoms with E-state index in [0.717, 1.165) is 16.7 Å². The quantitative estimate of drug-likeness (QED) is 0.386. The predicted octanol–water partition coefficient (Wildman–Crippen LogP) is 0.835. The van der Waals surface area contributed by atoms with Crippen LogP contribution in [-0.2, 0) is 6.61 Å². The number of ether oxygens (including phenoxy) is 2. The van der Waals surface area contributed by atoms with Crippen LogP contribution in [0.4, 0.5) is 0 Å². The maximum absolute atomic E-state index is 10.9. The van der Waals surface area contributed by atoms with Gasteiger partial charge in [0.15, 0.2) is 0 Å². The van der Waals surface area contributed by atoms with Gasteiger partial charge in [0.05, 0.1) is 31.3 Å². The van der Waals surface area contributed by atoms with Crippen molar-refractivity contribution in [3.63, 3.8) is 0 Å². The molecule has 0 aliphatic carbocycles. The third-order valence-electron chi connectivity index (χ3n) is 4.86. The summed E-state index contributed by atoms with van der Waals surface area (Å²) in [5, 5.41) is 20.8. The van der Waals surface area contributed by atoms with Crippen molar-refractivity contribution in [3.05, 3.63) is 89.9 Å². The van der Waals surface area contributed by atoms with Crippen molar-refractivity contribution in [2.75, 3.05) is 7.11 Å². The predicted molar refractivity (Wildman–Crippen MR) is 114 cm³/mol. The number of nitriles is 1. The standard InChI is InChI=1S/C25H18N2O5.Na/c1-30-20-4-2-3-18(11-20)23-12-21(19-9-10-31-15-19)22(13-26)24(27-23)32-14-16-5-7-17(8-6-16)25(28)29;/h2-12,15H,14H2,1H3,(H,28,29);/q;+1/p-1. The normalized spacial score (nSPS) is 10.1. The van der Waals surface area contributed by atoms with Gasteiger partial charge in [0.1, 0.15) is 24.0 Å². The molecule has 4 rings (SSSR count). The Bertz CT molecular complexity index is 1300. The van der Waals surface area contributed by atoms with Crippen LogP contribution in [-0.4, -0.2) is 18.1 Å². The van der Waals surface area contributed by atoms with Crippen LogP contribution < -0.4 is 44.1 Å². The Kier molecular flexibility index (Phi) is 7.91. The SMILES string of the molecule is COc1cccc(-c2cc(-c3ccoc3)c(C#N)c(OCc3ccc(C(=O)[O-])cc3)n2)c1.[Na+]. The Hall–Kier alpha value is -3.57. The van der Waals surface area contributed by atoms with Gasteiger partial charge in [-0.3, -0.25) is 0 Å². The minimum Gasteiger partial charge on any atom is -0.545 e. The molecule has 8 heteroatoms. The van der Waals surface area contributed by atoms with E-state index in [2.05, 4.69) is 11.1 Å². The molecule has 0 amide bonds. The number of carbonyl (C=O) groups is 1. The first-order valence-electron chi connectivity index (χ1n) is 9.64. The molecule has 0 atom stereocenters. The van der Waals surface area contributed by atoms with Gasteiger partial charge in [-0.1, -0.05) is 36.4 Å². The number of hydrogen-bond acceptors (Lipinski definition) is 7. The van der Waals surface area contributed by atoms with Crippen LogP contribution in [0.15, 0.2) is 77.6 Å². The zero-order valence-corrected chi connectivity index (χ0v) is 20.1. The Labute approximate surface area is 212 Å². The molecule has 4 aromatic rings. The molecular formula is C25H17N2NaO5. The summed E-state index contributed by atoms with van der Waals surface area (Å²) >= 11 is 0. The zero-order valence-electron chi connectivity index (χ0n) is 18.1. The molecule has 0 N–H and O–H groups in total. The number of rotatable bonds is 7. The van der Waals surface area contributed by atoms with E-state index in [-0.39, 0.29) is 53.2 Å². The van der Waals surface area contributed by atoms with E-state index in [1.165, 1.54) is 18.4 Å².